The minimum atomic E-state index is -0.723. The molecule has 23 heavy (non-hydrogen) atoms. The number of hydrogen-bond donors (Lipinski definition) is 0. The molecule has 6 nitrogen and oxygen atoms in total. The van der Waals surface area contributed by atoms with Crippen LogP contribution in [0.15, 0.2) is 5.38 Å². The van der Waals surface area contributed by atoms with Gasteiger partial charge in [0.15, 0.2) is 0 Å². The number of aromatic nitrogens is 1. The number of morpholine rings is 1. The summed E-state index contributed by atoms with van der Waals surface area (Å²) in [7, 11) is 0. The van der Waals surface area contributed by atoms with E-state index in [1.165, 1.54) is 0 Å². The maximum absolute atomic E-state index is 13.0. The molecular weight excluding hydrogens is 314 g/mol. The van der Waals surface area contributed by atoms with Gasteiger partial charge in [-0.25, -0.2) is 4.98 Å². The fraction of sp³-hybridized carbons (Fsp3) is 0.688. The van der Waals surface area contributed by atoms with Gasteiger partial charge >= 0.3 is 0 Å². The molecule has 0 radical (unpaired) electrons. The van der Waals surface area contributed by atoms with Gasteiger partial charge in [0.05, 0.1) is 30.3 Å². The zero-order valence-electron chi connectivity index (χ0n) is 13.7. The summed E-state index contributed by atoms with van der Waals surface area (Å²) in [6, 6.07) is 0. The van der Waals surface area contributed by atoms with Crippen molar-refractivity contribution in [2.45, 2.75) is 38.6 Å². The van der Waals surface area contributed by atoms with E-state index in [9.17, 15) is 9.59 Å². The highest BCUT2D eigenvalue weighted by Gasteiger charge is 2.47. The van der Waals surface area contributed by atoms with E-state index in [1.807, 2.05) is 24.1 Å². The third-order valence-corrected chi connectivity index (χ3v) is 5.52. The van der Waals surface area contributed by atoms with Gasteiger partial charge in [-0.15, -0.1) is 11.3 Å². The van der Waals surface area contributed by atoms with Crippen molar-refractivity contribution in [2.75, 3.05) is 32.8 Å². The maximum atomic E-state index is 13.0. The van der Waals surface area contributed by atoms with Gasteiger partial charge in [0, 0.05) is 25.0 Å². The minimum absolute atomic E-state index is 0.00286. The van der Waals surface area contributed by atoms with Crippen molar-refractivity contribution in [2.24, 2.45) is 0 Å². The molecule has 0 spiro atoms. The highest BCUT2D eigenvalue weighted by atomic mass is 32.1. The lowest BCUT2D eigenvalue weighted by molar-refractivity contribution is -0.153. The monoisotopic (exact) mass is 337 g/mol. The zero-order chi connectivity index (χ0) is 16.4. The third-order valence-electron chi connectivity index (χ3n) is 4.70. The normalized spacial score (nSPS) is 25.0. The predicted octanol–water partition coefficient (Wildman–Crippen LogP) is 1.23. The molecule has 2 aliphatic heterocycles. The Balaban J connectivity index is 1.72. The van der Waals surface area contributed by atoms with Crippen molar-refractivity contribution in [1.29, 1.82) is 0 Å². The van der Waals surface area contributed by atoms with Crippen molar-refractivity contribution in [3.63, 3.8) is 0 Å². The molecule has 2 saturated heterocycles. The summed E-state index contributed by atoms with van der Waals surface area (Å²) < 4.78 is 5.32. The Hall–Kier alpha value is -1.47. The van der Waals surface area contributed by atoms with Gasteiger partial charge < -0.3 is 14.5 Å². The van der Waals surface area contributed by atoms with Crippen LogP contribution < -0.4 is 0 Å². The summed E-state index contributed by atoms with van der Waals surface area (Å²) in [5.41, 5.74) is 0.0741. The standard InChI is InChI=1S/C16H23N3O3S/c1-12-17-13(11-23-12)10-14(20)19-5-3-4-16(19,2)15(21)18-6-8-22-9-7-18/h11H,3-10H2,1-2H3. The lowest BCUT2D eigenvalue weighted by Gasteiger charge is -2.39. The van der Waals surface area contributed by atoms with E-state index in [0.717, 1.165) is 23.5 Å². The number of carbonyl (C=O) groups is 2. The van der Waals surface area contributed by atoms with E-state index >= 15 is 0 Å². The average molecular weight is 337 g/mol. The third kappa shape index (κ3) is 3.26. The Morgan fingerprint density at radius 2 is 2.09 bits per heavy atom. The van der Waals surface area contributed by atoms with Gasteiger partial charge in [-0.2, -0.15) is 0 Å². The first-order chi connectivity index (χ1) is 11.0. The summed E-state index contributed by atoms with van der Waals surface area (Å²) in [5.74, 6) is 0.0537. The van der Waals surface area contributed by atoms with Crippen LogP contribution in [0.25, 0.3) is 0 Å². The van der Waals surface area contributed by atoms with Crippen molar-refractivity contribution in [3.8, 4) is 0 Å². The molecule has 0 bridgehead atoms. The molecule has 7 heteroatoms. The number of nitrogens with zero attached hydrogens (tertiary/aromatic N) is 3. The second-order valence-corrected chi connectivity index (χ2v) is 7.42. The summed E-state index contributed by atoms with van der Waals surface area (Å²) in [4.78, 5) is 33.6. The highest BCUT2D eigenvalue weighted by Crippen LogP contribution is 2.32. The van der Waals surface area contributed by atoms with E-state index in [4.69, 9.17) is 4.74 Å². The fourth-order valence-electron chi connectivity index (χ4n) is 3.43. The van der Waals surface area contributed by atoms with Crippen LogP contribution in [0.4, 0.5) is 0 Å². The fourth-order valence-corrected chi connectivity index (χ4v) is 4.04. The number of carbonyl (C=O) groups excluding carboxylic acids is 2. The van der Waals surface area contributed by atoms with Crippen molar-refractivity contribution < 1.29 is 14.3 Å². The molecule has 1 unspecified atom stereocenters. The van der Waals surface area contributed by atoms with E-state index in [-0.39, 0.29) is 18.2 Å². The van der Waals surface area contributed by atoms with Crippen LogP contribution in [0.2, 0.25) is 0 Å². The van der Waals surface area contributed by atoms with Crippen LogP contribution in [0.1, 0.15) is 30.5 Å². The SMILES string of the molecule is Cc1nc(CC(=O)N2CCCC2(C)C(=O)N2CCOCC2)cs1. The van der Waals surface area contributed by atoms with Gasteiger partial charge in [0.25, 0.3) is 0 Å². The van der Waals surface area contributed by atoms with Gasteiger partial charge in [-0.1, -0.05) is 0 Å². The zero-order valence-corrected chi connectivity index (χ0v) is 14.5. The molecule has 2 aliphatic rings. The minimum Gasteiger partial charge on any atom is -0.378 e. The molecule has 0 aromatic carbocycles. The van der Waals surface area contributed by atoms with Crippen molar-refractivity contribution >= 4 is 23.2 Å². The number of ether oxygens (including phenoxy) is 1. The summed E-state index contributed by atoms with van der Waals surface area (Å²) in [6.45, 7) is 6.86. The second kappa shape index (κ2) is 6.57. The molecular formula is C16H23N3O3S. The molecule has 0 saturated carbocycles. The van der Waals surface area contributed by atoms with E-state index < -0.39 is 5.54 Å². The molecule has 2 fully saturated rings. The first-order valence-electron chi connectivity index (χ1n) is 8.09. The Morgan fingerprint density at radius 3 is 2.74 bits per heavy atom. The van der Waals surface area contributed by atoms with Crippen molar-refractivity contribution in [1.82, 2.24) is 14.8 Å². The van der Waals surface area contributed by atoms with Gasteiger partial charge in [0.2, 0.25) is 11.8 Å². The quantitative estimate of drug-likeness (QED) is 0.832. The molecule has 1 aromatic rings. The highest BCUT2D eigenvalue weighted by molar-refractivity contribution is 7.09. The summed E-state index contributed by atoms with van der Waals surface area (Å²) in [5, 5.41) is 2.88. The maximum Gasteiger partial charge on any atom is 0.248 e. The Kier molecular flexibility index (Phi) is 4.68. The number of aryl methyl sites for hydroxylation is 1. The Bertz CT molecular complexity index is 597. The molecule has 0 aliphatic carbocycles. The molecule has 1 aromatic heterocycles. The summed E-state index contributed by atoms with van der Waals surface area (Å²) >= 11 is 1.55. The molecule has 3 heterocycles. The number of amides is 2. The smallest absolute Gasteiger partial charge is 0.248 e. The number of rotatable bonds is 3. The van der Waals surface area contributed by atoms with Crippen LogP contribution in [-0.4, -0.2) is 65.0 Å². The Labute approximate surface area is 140 Å². The molecule has 0 N–H and O–H groups in total. The lowest BCUT2D eigenvalue weighted by atomic mass is 9.96. The lowest BCUT2D eigenvalue weighted by Crippen LogP contribution is -2.58. The van der Waals surface area contributed by atoms with E-state index in [2.05, 4.69) is 4.98 Å². The summed E-state index contributed by atoms with van der Waals surface area (Å²) in [6.07, 6.45) is 1.87. The predicted molar refractivity (Wildman–Crippen MR) is 87.3 cm³/mol. The molecule has 2 amide bonds. The van der Waals surface area contributed by atoms with Crippen LogP contribution >= 0.6 is 11.3 Å². The van der Waals surface area contributed by atoms with E-state index in [0.29, 0.717) is 32.8 Å². The van der Waals surface area contributed by atoms with Crippen LogP contribution in [0.3, 0.4) is 0 Å². The first-order valence-corrected chi connectivity index (χ1v) is 8.97. The van der Waals surface area contributed by atoms with Crippen LogP contribution in [0.5, 0.6) is 0 Å². The number of likely N-dealkylation sites (tertiary alicyclic amines) is 1. The number of thiazole rings is 1. The van der Waals surface area contributed by atoms with E-state index in [1.54, 1.807) is 16.2 Å². The van der Waals surface area contributed by atoms with Crippen molar-refractivity contribution in [3.05, 3.63) is 16.1 Å². The first kappa shape index (κ1) is 16.4. The topological polar surface area (TPSA) is 62.7 Å². The largest absolute Gasteiger partial charge is 0.378 e. The van der Waals surface area contributed by atoms with Crippen LogP contribution in [-0.2, 0) is 20.7 Å². The van der Waals surface area contributed by atoms with Gasteiger partial charge in [-0.3, -0.25) is 9.59 Å². The Morgan fingerprint density at radius 1 is 1.35 bits per heavy atom. The molecule has 3 rings (SSSR count). The van der Waals surface area contributed by atoms with Crippen LogP contribution in [0, 0.1) is 6.92 Å². The second-order valence-electron chi connectivity index (χ2n) is 6.36. The molecule has 126 valence electrons. The van der Waals surface area contributed by atoms with Gasteiger partial charge in [-0.05, 0) is 26.7 Å². The van der Waals surface area contributed by atoms with Gasteiger partial charge in [0.1, 0.15) is 5.54 Å². The average Bonchev–Trinajstić information content (AvgIpc) is 3.14. The molecule has 1 atom stereocenters. The number of hydrogen-bond acceptors (Lipinski definition) is 5.